The Hall–Kier alpha value is -9.88. The van der Waals surface area contributed by atoms with Crippen molar-refractivity contribution in [1.29, 1.82) is 0 Å². The Morgan fingerprint density at radius 1 is 0.195 bits per heavy atom. The second kappa shape index (κ2) is 19.4. The summed E-state index contributed by atoms with van der Waals surface area (Å²) in [5, 5.41) is 9.77. The van der Waals surface area contributed by atoms with Crippen molar-refractivity contribution in [2.75, 3.05) is 0 Å². The molecule has 0 heteroatoms. The lowest BCUT2D eigenvalue weighted by Gasteiger charge is -2.53. The fourth-order valence-corrected chi connectivity index (χ4v) is 14.5. The van der Waals surface area contributed by atoms with E-state index in [0.29, 0.717) is 0 Å². The highest BCUT2D eigenvalue weighted by Crippen LogP contribution is 2.65. The lowest BCUT2D eigenvalue weighted by Crippen LogP contribution is -2.46. The van der Waals surface area contributed by atoms with Crippen LogP contribution in [0.1, 0.15) is 70.8 Å². The smallest absolute Gasteiger partial charge is 0.0619 e. The van der Waals surface area contributed by atoms with Crippen molar-refractivity contribution in [2.45, 2.75) is 37.0 Å². The fourth-order valence-electron chi connectivity index (χ4n) is 14.5. The van der Waals surface area contributed by atoms with Gasteiger partial charge in [0, 0.05) is 0 Å². The van der Waals surface area contributed by atoms with Crippen molar-refractivity contribution in [3.05, 3.63) is 359 Å². The Labute approximate surface area is 481 Å². The maximum absolute atomic E-state index is 2.64. The van der Waals surface area contributed by atoms with Crippen molar-refractivity contribution >= 4 is 43.1 Å². The van der Waals surface area contributed by atoms with Crippen LogP contribution in [0, 0.1) is 0 Å². The third kappa shape index (κ3) is 7.45. The van der Waals surface area contributed by atoms with Crippen LogP contribution in [0.2, 0.25) is 0 Å². The first-order valence-corrected chi connectivity index (χ1v) is 28.9. The first kappa shape index (κ1) is 49.2. The minimum Gasteiger partial charge on any atom is -0.0619 e. The van der Waals surface area contributed by atoms with Gasteiger partial charge in [0.2, 0.25) is 0 Å². The van der Waals surface area contributed by atoms with Gasteiger partial charge in [-0.05, 0) is 143 Å². The summed E-state index contributed by atoms with van der Waals surface area (Å²) in [7, 11) is 0. The van der Waals surface area contributed by atoms with Gasteiger partial charge in [0.15, 0.2) is 0 Å². The summed E-state index contributed by atoms with van der Waals surface area (Å²) < 4.78 is 0. The number of hydrogen-bond donors (Lipinski definition) is 0. The van der Waals surface area contributed by atoms with E-state index in [0.717, 1.165) is 0 Å². The number of fused-ring (bicyclic) bond motifs is 6. The summed E-state index contributed by atoms with van der Waals surface area (Å²) in [6, 6.07) is 118. The van der Waals surface area contributed by atoms with Gasteiger partial charge in [-0.15, -0.1) is 0 Å². The topological polar surface area (TPSA) is 0 Å². The predicted molar refractivity (Wildman–Crippen MR) is 347 cm³/mol. The molecule has 0 aliphatic heterocycles. The normalized spacial score (nSPS) is 13.5. The number of hydrogen-bond acceptors (Lipinski definition) is 0. The van der Waals surface area contributed by atoms with Crippen LogP contribution in [0.25, 0.3) is 87.6 Å². The molecule has 0 heterocycles. The second-order valence-electron chi connectivity index (χ2n) is 23.3. The molecule has 0 fully saturated rings. The maximum Gasteiger partial charge on any atom is 0.0720 e. The van der Waals surface area contributed by atoms with Crippen LogP contribution in [0.4, 0.5) is 0 Å². The van der Waals surface area contributed by atoms with Crippen LogP contribution in [0.5, 0.6) is 0 Å². The zero-order chi connectivity index (χ0) is 55.0. The Morgan fingerprint density at radius 3 is 0.744 bits per heavy atom. The van der Waals surface area contributed by atoms with Crippen LogP contribution in [-0.2, 0) is 16.2 Å². The highest BCUT2D eigenvalue weighted by Gasteiger charge is 2.56. The molecule has 388 valence electrons. The summed E-state index contributed by atoms with van der Waals surface area (Å²) >= 11 is 0. The van der Waals surface area contributed by atoms with Crippen molar-refractivity contribution < 1.29 is 0 Å². The Balaban J connectivity index is 1.19. The summed E-state index contributed by atoms with van der Waals surface area (Å²) in [4.78, 5) is 0. The summed E-state index contributed by atoms with van der Waals surface area (Å²) in [6.07, 6.45) is 0. The zero-order valence-electron chi connectivity index (χ0n) is 46.4. The molecule has 0 unspecified atom stereocenters. The first-order valence-electron chi connectivity index (χ1n) is 28.9. The van der Waals surface area contributed by atoms with Gasteiger partial charge in [0.1, 0.15) is 0 Å². The molecule has 14 aromatic carbocycles. The van der Waals surface area contributed by atoms with E-state index in [4.69, 9.17) is 0 Å². The standard InChI is InChI=1S/C82H60/c1-80(2,3)59-52-53-78-79(54-59)82(74-48-18-14-40-70(74)66-44-24-32-57-28-6-10-36-62(57)66,75-49-19-15-41-71(75)67-45-25-33-58-29-7-11-37-63(58)67)77-51-21-20-50-76(77)81(78,72-46-16-12-38-68(72)64-42-22-30-55-26-4-8-34-60(55)64)73-47-17-13-39-69(73)65-43-23-31-56-27-5-9-35-61(56)65/h4-54H,1-3H3. The van der Waals surface area contributed by atoms with Crippen molar-refractivity contribution in [1.82, 2.24) is 0 Å². The van der Waals surface area contributed by atoms with E-state index < -0.39 is 10.8 Å². The monoisotopic (exact) mass is 1040 g/mol. The molecule has 0 spiro atoms. The third-order valence-electron chi connectivity index (χ3n) is 18.1. The average molecular weight is 1050 g/mol. The van der Waals surface area contributed by atoms with E-state index in [9.17, 15) is 0 Å². The molecule has 82 heavy (non-hydrogen) atoms. The highest BCUT2D eigenvalue weighted by atomic mass is 14.6. The molecule has 0 radical (unpaired) electrons. The van der Waals surface area contributed by atoms with Crippen LogP contribution in [-0.4, -0.2) is 0 Å². The van der Waals surface area contributed by atoms with E-state index in [1.807, 2.05) is 0 Å². The van der Waals surface area contributed by atoms with Crippen LogP contribution < -0.4 is 0 Å². The zero-order valence-corrected chi connectivity index (χ0v) is 46.4. The summed E-state index contributed by atoms with van der Waals surface area (Å²) in [5.74, 6) is 0. The van der Waals surface area contributed by atoms with Gasteiger partial charge in [0.05, 0.1) is 10.8 Å². The van der Waals surface area contributed by atoms with E-state index >= 15 is 0 Å². The minimum absolute atomic E-state index is 0.216. The average Bonchev–Trinajstić information content (AvgIpc) is 0.861. The van der Waals surface area contributed by atoms with E-state index in [2.05, 4.69) is 330 Å². The third-order valence-corrected chi connectivity index (χ3v) is 18.1. The second-order valence-corrected chi connectivity index (χ2v) is 23.3. The molecule has 0 nitrogen and oxygen atoms in total. The van der Waals surface area contributed by atoms with Gasteiger partial charge in [0.25, 0.3) is 0 Å². The molecule has 0 aromatic heterocycles. The molecular formula is C82H60. The predicted octanol–water partition coefficient (Wildman–Crippen LogP) is 21.3. The molecule has 1 aliphatic carbocycles. The van der Waals surface area contributed by atoms with E-state index in [-0.39, 0.29) is 5.41 Å². The number of benzene rings is 14. The summed E-state index contributed by atoms with van der Waals surface area (Å²) in [5.41, 5.74) is 18.8. The van der Waals surface area contributed by atoms with Gasteiger partial charge in [-0.25, -0.2) is 0 Å². The molecule has 0 amide bonds. The lowest BCUT2D eigenvalue weighted by molar-refractivity contribution is 0.576. The first-order chi connectivity index (χ1) is 40.3. The van der Waals surface area contributed by atoms with Gasteiger partial charge in [-0.1, -0.05) is 330 Å². The Bertz CT molecular complexity index is 4540. The van der Waals surface area contributed by atoms with Crippen LogP contribution >= 0.6 is 0 Å². The molecule has 0 saturated heterocycles. The van der Waals surface area contributed by atoms with Crippen molar-refractivity contribution in [3.8, 4) is 44.5 Å². The molecule has 0 bridgehead atoms. The molecule has 0 saturated carbocycles. The van der Waals surface area contributed by atoms with Gasteiger partial charge >= 0.3 is 0 Å². The maximum atomic E-state index is 2.64. The van der Waals surface area contributed by atoms with Gasteiger partial charge < -0.3 is 0 Å². The molecule has 0 N–H and O–H groups in total. The number of rotatable bonds is 8. The molecule has 0 atom stereocenters. The van der Waals surface area contributed by atoms with E-state index in [1.165, 1.54) is 138 Å². The van der Waals surface area contributed by atoms with Gasteiger partial charge in [-0.3, -0.25) is 0 Å². The SMILES string of the molecule is CC(C)(C)c1ccc2c(c1)C(c1ccccc1-c1cccc3ccccc13)(c1ccccc1-c1cccc3ccccc13)c1ccccc1C2(c1ccccc1-c1cccc2ccccc12)c1ccccc1-c1cccc2ccccc12. The lowest BCUT2D eigenvalue weighted by atomic mass is 9.48. The van der Waals surface area contributed by atoms with Crippen molar-refractivity contribution in [2.24, 2.45) is 0 Å². The molecular weight excluding hydrogens is 985 g/mol. The van der Waals surface area contributed by atoms with Crippen molar-refractivity contribution in [3.63, 3.8) is 0 Å². The minimum atomic E-state index is -0.930. The van der Waals surface area contributed by atoms with Crippen LogP contribution in [0.3, 0.4) is 0 Å². The Kier molecular flexibility index (Phi) is 11.7. The van der Waals surface area contributed by atoms with Gasteiger partial charge in [-0.2, -0.15) is 0 Å². The fraction of sp³-hybridized carbons (Fsp3) is 0.0732. The van der Waals surface area contributed by atoms with Crippen LogP contribution in [0.15, 0.2) is 309 Å². The van der Waals surface area contributed by atoms with E-state index in [1.54, 1.807) is 0 Å². The molecule has 1 aliphatic rings. The highest BCUT2D eigenvalue weighted by molar-refractivity contribution is 6.04. The largest absolute Gasteiger partial charge is 0.0720 e. The Morgan fingerprint density at radius 2 is 0.427 bits per heavy atom. The molecule has 15 rings (SSSR count). The molecule has 14 aromatic rings. The quantitative estimate of drug-likeness (QED) is 0.142. The summed E-state index contributed by atoms with van der Waals surface area (Å²) in [6.45, 7) is 7.13.